The van der Waals surface area contributed by atoms with Gasteiger partial charge in [0.25, 0.3) is 0 Å². The van der Waals surface area contributed by atoms with E-state index in [1.807, 2.05) is 0 Å². The molecule has 2 rings (SSSR count). The van der Waals surface area contributed by atoms with Gasteiger partial charge in [-0.15, -0.1) is 0 Å². The van der Waals surface area contributed by atoms with Gasteiger partial charge in [-0.25, -0.2) is 19.9 Å². The highest BCUT2D eigenvalue weighted by molar-refractivity contribution is 6.31. The Morgan fingerprint density at radius 3 is 2.88 bits per heavy atom. The molecular weight excluding hydrogens is 235 g/mol. The second-order valence-electron chi connectivity index (χ2n) is 3.02. The van der Waals surface area contributed by atoms with E-state index in [0.717, 1.165) is 6.20 Å². The quantitative estimate of drug-likeness (QED) is 0.608. The summed E-state index contributed by atoms with van der Waals surface area (Å²) in [6.07, 6.45) is 2.46. The first-order valence-corrected chi connectivity index (χ1v) is 4.71. The molecule has 0 aliphatic carbocycles. The van der Waals surface area contributed by atoms with E-state index in [1.165, 1.54) is 10.9 Å². The number of nitrogens with one attached hydrogen (secondary N) is 1. The molecule has 6 nitrogen and oxygen atoms in total. The second-order valence-corrected chi connectivity index (χ2v) is 3.42. The lowest BCUT2D eigenvalue weighted by atomic mass is 10.5. The highest BCUT2D eigenvalue weighted by Gasteiger charge is 2.11. The van der Waals surface area contributed by atoms with Crippen molar-refractivity contribution in [2.24, 2.45) is 5.84 Å². The number of hydrogen-bond donors (Lipinski definition) is 2. The van der Waals surface area contributed by atoms with Crippen LogP contribution in [0.1, 0.15) is 5.69 Å². The first-order valence-electron chi connectivity index (χ1n) is 4.33. The maximum atomic E-state index is 13.4. The maximum absolute atomic E-state index is 13.4. The number of nitrogens with zero attached hydrogens (tertiary/aromatic N) is 4. The van der Waals surface area contributed by atoms with Crippen LogP contribution in [0.25, 0.3) is 5.82 Å². The van der Waals surface area contributed by atoms with Gasteiger partial charge in [0.15, 0.2) is 11.6 Å². The number of aromatic nitrogens is 4. The van der Waals surface area contributed by atoms with Crippen LogP contribution in [0.4, 0.5) is 10.3 Å². The zero-order valence-electron chi connectivity index (χ0n) is 8.28. The molecule has 0 fully saturated rings. The Morgan fingerprint density at radius 1 is 1.56 bits per heavy atom. The van der Waals surface area contributed by atoms with Crippen molar-refractivity contribution in [1.82, 2.24) is 19.7 Å². The molecule has 0 bridgehead atoms. The molecule has 0 aliphatic rings. The first kappa shape index (κ1) is 10.8. The summed E-state index contributed by atoms with van der Waals surface area (Å²) >= 11 is 5.82. The third kappa shape index (κ3) is 1.82. The predicted molar refractivity (Wildman–Crippen MR) is 56.7 cm³/mol. The van der Waals surface area contributed by atoms with Crippen LogP contribution in [0.5, 0.6) is 0 Å². The first-order chi connectivity index (χ1) is 7.61. The Morgan fingerprint density at radius 2 is 2.31 bits per heavy atom. The van der Waals surface area contributed by atoms with E-state index in [4.69, 9.17) is 17.4 Å². The van der Waals surface area contributed by atoms with Crippen molar-refractivity contribution in [3.63, 3.8) is 0 Å². The van der Waals surface area contributed by atoms with Gasteiger partial charge in [0.05, 0.1) is 23.1 Å². The molecule has 2 heterocycles. The molecule has 8 heteroatoms. The summed E-state index contributed by atoms with van der Waals surface area (Å²) < 4.78 is 14.7. The van der Waals surface area contributed by atoms with E-state index >= 15 is 0 Å². The Kier molecular flexibility index (Phi) is 2.71. The summed E-state index contributed by atoms with van der Waals surface area (Å²) in [4.78, 5) is 7.45. The molecule has 2 aromatic heterocycles. The topological polar surface area (TPSA) is 81.7 Å². The Bertz CT molecular complexity index is 506. The van der Waals surface area contributed by atoms with Gasteiger partial charge < -0.3 is 0 Å². The van der Waals surface area contributed by atoms with Crippen LogP contribution in [-0.4, -0.2) is 19.7 Å². The molecule has 0 amide bonds. The van der Waals surface area contributed by atoms with Crippen LogP contribution >= 0.6 is 11.6 Å². The number of hydrogen-bond acceptors (Lipinski definition) is 5. The fourth-order valence-electron chi connectivity index (χ4n) is 1.14. The molecule has 0 atom stereocenters. The van der Waals surface area contributed by atoms with Gasteiger partial charge >= 0.3 is 0 Å². The third-order valence-corrected chi connectivity index (χ3v) is 2.28. The number of anilines is 1. The van der Waals surface area contributed by atoms with E-state index in [2.05, 4.69) is 20.5 Å². The number of rotatable bonds is 2. The monoisotopic (exact) mass is 242 g/mol. The molecule has 0 aliphatic heterocycles. The molecule has 0 radical (unpaired) electrons. The minimum Gasteiger partial charge on any atom is -0.292 e. The summed E-state index contributed by atoms with van der Waals surface area (Å²) in [5, 5.41) is 4.43. The molecule has 16 heavy (non-hydrogen) atoms. The molecule has 0 saturated carbocycles. The van der Waals surface area contributed by atoms with E-state index in [1.54, 1.807) is 6.92 Å². The fourth-order valence-corrected chi connectivity index (χ4v) is 1.27. The van der Waals surface area contributed by atoms with Gasteiger partial charge in [0, 0.05) is 0 Å². The lowest BCUT2D eigenvalue weighted by Crippen LogP contribution is -2.13. The van der Waals surface area contributed by atoms with Crippen molar-refractivity contribution in [1.29, 1.82) is 0 Å². The normalized spacial score (nSPS) is 10.5. The number of hydrazine groups is 1. The van der Waals surface area contributed by atoms with E-state index in [0.29, 0.717) is 10.7 Å². The average Bonchev–Trinajstić information content (AvgIpc) is 2.60. The molecule has 0 saturated heterocycles. The summed E-state index contributed by atoms with van der Waals surface area (Å²) in [7, 11) is 0. The fraction of sp³-hybridized carbons (Fsp3) is 0.125. The van der Waals surface area contributed by atoms with Crippen molar-refractivity contribution < 1.29 is 4.39 Å². The smallest absolute Gasteiger partial charge is 0.239 e. The second kappa shape index (κ2) is 4.03. The van der Waals surface area contributed by atoms with Gasteiger partial charge in [0.1, 0.15) is 0 Å². The van der Waals surface area contributed by atoms with Gasteiger partial charge in [-0.05, 0) is 6.92 Å². The Balaban J connectivity index is 2.54. The van der Waals surface area contributed by atoms with Gasteiger partial charge in [-0.3, -0.25) is 5.43 Å². The molecule has 2 aromatic rings. The van der Waals surface area contributed by atoms with E-state index in [9.17, 15) is 4.39 Å². The summed E-state index contributed by atoms with van der Waals surface area (Å²) in [5.41, 5.74) is 2.81. The predicted octanol–water partition coefficient (Wildman–Crippen LogP) is 1.05. The summed E-state index contributed by atoms with van der Waals surface area (Å²) in [5.74, 6) is 4.60. The highest BCUT2D eigenvalue weighted by Crippen LogP contribution is 2.17. The average molecular weight is 243 g/mol. The van der Waals surface area contributed by atoms with Crippen molar-refractivity contribution in [3.8, 4) is 5.82 Å². The molecular formula is C8H8ClFN6. The third-order valence-electron chi connectivity index (χ3n) is 1.91. The lowest BCUT2D eigenvalue weighted by molar-refractivity contribution is 0.593. The number of aryl methyl sites for hydroxylation is 1. The molecule has 84 valence electrons. The van der Waals surface area contributed by atoms with Crippen LogP contribution in [-0.2, 0) is 0 Å². The minimum absolute atomic E-state index is 0.0158. The summed E-state index contributed by atoms with van der Waals surface area (Å²) in [6, 6.07) is 0. The van der Waals surface area contributed by atoms with Crippen LogP contribution in [0.15, 0.2) is 12.4 Å². The van der Waals surface area contributed by atoms with Gasteiger partial charge in [-0.1, -0.05) is 11.6 Å². The number of halogens is 2. The molecule has 0 unspecified atom stereocenters. The Labute approximate surface area is 95.2 Å². The highest BCUT2D eigenvalue weighted by atomic mass is 35.5. The standard InChI is InChI=1S/C8H8ClFN6/c1-4-5(9)3-16(15-4)7-6(10)2-12-8(13-7)14-11/h2-3H,11H2,1H3,(H,12,13,14). The molecule has 0 aromatic carbocycles. The van der Waals surface area contributed by atoms with Crippen molar-refractivity contribution >= 4 is 17.5 Å². The zero-order valence-corrected chi connectivity index (χ0v) is 9.03. The van der Waals surface area contributed by atoms with Gasteiger partial charge in [-0.2, -0.15) is 10.1 Å². The zero-order chi connectivity index (χ0) is 11.7. The van der Waals surface area contributed by atoms with Gasteiger partial charge in [0.2, 0.25) is 5.95 Å². The largest absolute Gasteiger partial charge is 0.292 e. The van der Waals surface area contributed by atoms with Crippen molar-refractivity contribution in [3.05, 3.63) is 28.9 Å². The minimum atomic E-state index is -0.613. The maximum Gasteiger partial charge on any atom is 0.239 e. The van der Waals surface area contributed by atoms with Crippen molar-refractivity contribution in [2.75, 3.05) is 5.43 Å². The van der Waals surface area contributed by atoms with Crippen LogP contribution in [0.3, 0.4) is 0 Å². The SMILES string of the molecule is Cc1nn(-c2nc(NN)ncc2F)cc1Cl. The van der Waals surface area contributed by atoms with Crippen LogP contribution in [0.2, 0.25) is 5.02 Å². The van der Waals surface area contributed by atoms with Crippen LogP contribution < -0.4 is 11.3 Å². The van der Waals surface area contributed by atoms with Crippen molar-refractivity contribution in [2.45, 2.75) is 6.92 Å². The summed E-state index contributed by atoms with van der Waals surface area (Å²) in [6.45, 7) is 1.71. The number of nitrogens with two attached hydrogens (primary N) is 1. The number of nitrogen functional groups attached to an aromatic ring is 1. The molecule has 0 spiro atoms. The van der Waals surface area contributed by atoms with E-state index in [-0.39, 0.29) is 11.8 Å². The van der Waals surface area contributed by atoms with E-state index < -0.39 is 5.82 Å². The molecule has 3 N–H and O–H groups in total. The van der Waals surface area contributed by atoms with Crippen LogP contribution in [0, 0.1) is 12.7 Å². The lowest BCUT2D eigenvalue weighted by Gasteiger charge is -2.03. The Hall–Kier alpha value is -1.73.